The average molecular weight is 391 g/mol. The molecule has 0 atom stereocenters. The van der Waals surface area contributed by atoms with Crippen molar-refractivity contribution in [2.75, 3.05) is 17.0 Å². The van der Waals surface area contributed by atoms with Crippen LogP contribution in [0.3, 0.4) is 0 Å². The maximum Gasteiger partial charge on any atom is 0.257 e. The maximum atomic E-state index is 12.7. The van der Waals surface area contributed by atoms with Crippen molar-refractivity contribution in [1.82, 2.24) is 15.2 Å². The Morgan fingerprint density at radius 3 is 2.90 bits per heavy atom. The molecule has 3 aromatic rings. The van der Waals surface area contributed by atoms with Gasteiger partial charge in [0.05, 0.1) is 17.9 Å². The molecule has 0 fully saturated rings. The minimum atomic E-state index is -0.290. The summed E-state index contributed by atoms with van der Waals surface area (Å²) in [6, 6.07) is 8.70. The number of aromatic amines is 1. The number of rotatable bonds is 4. The number of hydrogen-bond acceptors (Lipinski definition) is 7. The van der Waals surface area contributed by atoms with E-state index in [1.165, 1.54) is 6.92 Å². The zero-order valence-corrected chi connectivity index (χ0v) is 15.6. The minimum absolute atomic E-state index is 0.0920. The van der Waals surface area contributed by atoms with Gasteiger partial charge in [-0.3, -0.25) is 19.7 Å². The van der Waals surface area contributed by atoms with Crippen LogP contribution in [0.1, 0.15) is 39.0 Å². The highest BCUT2D eigenvalue weighted by atomic mass is 16.7. The fourth-order valence-electron chi connectivity index (χ4n) is 3.55. The lowest BCUT2D eigenvalue weighted by Gasteiger charge is -2.19. The van der Waals surface area contributed by atoms with Gasteiger partial charge in [0, 0.05) is 30.8 Å². The molecular formula is C20H17N5O4. The molecule has 2 aliphatic heterocycles. The van der Waals surface area contributed by atoms with Crippen molar-refractivity contribution in [3.05, 3.63) is 59.0 Å². The van der Waals surface area contributed by atoms with Gasteiger partial charge in [0.1, 0.15) is 5.69 Å². The second-order valence-corrected chi connectivity index (χ2v) is 6.83. The van der Waals surface area contributed by atoms with Crippen molar-refractivity contribution in [2.45, 2.75) is 20.0 Å². The molecule has 0 saturated heterocycles. The lowest BCUT2D eigenvalue weighted by molar-refractivity contribution is 0.100. The molecule has 2 aliphatic rings. The monoisotopic (exact) mass is 391 g/mol. The van der Waals surface area contributed by atoms with Crippen molar-refractivity contribution in [1.29, 1.82) is 0 Å². The summed E-state index contributed by atoms with van der Waals surface area (Å²) in [4.78, 5) is 30.8. The molecule has 0 aliphatic carbocycles. The summed E-state index contributed by atoms with van der Waals surface area (Å²) in [6.07, 6.45) is 1.61. The first-order valence-corrected chi connectivity index (χ1v) is 9.08. The van der Waals surface area contributed by atoms with Gasteiger partial charge in [-0.15, -0.1) is 0 Å². The van der Waals surface area contributed by atoms with Gasteiger partial charge < -0.3 is 19.7 Å². The van der Waals surface area contributed by atoms with Crippen LogP contribution in [-0.4, -0.2) is 33.7 Å². The maximum absolute atomic E-state index is 12.7. The predicted octanol–water partition coefficient (Wildman–Crippen LogP) is 2.51. The van der Waals surface area contributed by atoms with E-state index in [-0.39, 0.29) is 18.5 Å². The number of nitrogens with one attached hydrogen (secondary N) is 2. The number of ether oxygens (including phenoxy) is 2. The molecule has 29 heavy (non-hydrogen) atoms. The molecule has 5 rings (SSSR count). The van der Waals surface area contributed by atoms with Crippen LogP contribution in [0.4, 0.5) is 11.5 Å². The average Bonchev–Trinajstić information content (AvgIpc) is 3.44. The van der Waals surface area contributed by atoms with Crippen molar-refractivity contribution in [3.8, 4) is 11.5 Å². The third-order valence-electron chi connectivity index (χ3n) is 4.98. The van der Waals surface area contributed by atoms with Crippen molar-refractivity contribution >= 4 is 23.2 Å². The Bertz CT molecular complexity index is 1140. The number of benzene rings is 1. The highest BCUT2D eigenvalue weighted by Gasteiger charge is 2.28. The summed E-state index contributed by atoms with van der Waals surface area (Å²) in [5.41, 5.74) is 3.42. The van der Waals surface area contributed by atoms with E-state index >= 15 is 0 Å². The van der Waals surface area contributed by atoms with Gasteiger partial charge in [0.15, 0.2) is 23.1 Å². The fourth-order valence-corrected chi connectivity index (χ4v) is 3.55. The molecule has 4 heterocycles. The molecule has 0 saturated carbocycles. The van der Waals surface area contributed by atoms with Crippen molar-refractivity contribution in [2.24, 2.45) is 0 Å². The normalized spacial score (nSPS) is 14.0. The van der Waals surface area contributed by atoms with Crippen molar-refractivity contribution < 1.29 is 19.1 Å². The number of ketones is 1. The molecule has 0 spiro atoms. The smallest absolute Gasteiger partial charge is 0.257 e. The predicted molar refractivity (Wildman–Crippen MR) is 103 cm³/mol. The van der Waals surface area contributed by atoms with Crippen LogP contribution in [0, 0.1) is 0 Å². The second-order valence-electron chi connectivity index (χ2n) is 6.83. The Balaban J connectivity index is 1.36. The molecule has 1 aromatic carbocycles. The lowest BCUT2D eigenvalue weighted by Crippen LogP contribution is -2.20. The Hall–Kier alpha value is -3.88. The van der Waals surface area contributed by atoms with E-state index in [1.54, 1.807) is 30.5 Å². The van der Waals surface area contributed by atoms with Gasteiger partial charge >= 0.3 is 0 Å². The van der Waals surface area contributed by atoms with E-state index in [2.05, 4.69) is 20.5 Å². The first kappa shape index (κ1) is 17.2. The summed E-state index contributed by atoms with van der Waals surface area (Å²) in [7, 11) is 0. The van der Waals surface area contributed by atoms with Crippen LogP contribution >= 0.6 is 0 Å². The van der Waals surface area contributed by atoms with E-state index in [4.69, 9.17) is 9.47 Å². The topological polar surface area (TPSA) is 109 Å². The highest BCUT2D eigenvalue weighted by molar-refractivity contribution is 6.04. The van der Waals surface area contributed by atoms with Gasteiger partial charge in [-0.2, -0.15) is 5.10 Å². The number of amides is 1. The number of H-pyrrole nitrogens is 1. The first-order valence-electron chi connectivity index (χ1n) is 9.08. The molecule has 9 nitrogen and oxygen atoms in total. The number of anilines is 2. The minimum Gasteiger partial charge on any atom is -0.454 e. The van der Waals surface area contributed by atoms with Gasteiger partial charge in [-0.05, 0) is 30.3 Å². The van der Waals surface area contributed by atoms with Crippen LogP contribution in [-0.2, 0) is 13.1 Å². The Kier molecular flexibility index (Phi) is 3.94. The summed E-state index contributed by atoms with van der Waals surface area (Å²) < 4.78 is 10.6. The SMILES string of the molecule is CC(=O)c1ncccc1N1Cc2[nH]nc(NC(=O)c3ccc4c(c3)OCO4)c2C1. The van der Waals surface area contributed by atoms with E-state index in [1.807, 2.05) is 11.0 Å². The molecule has 0 bridgehead atoms. The quantitative estimate of drug-likeness (QED) is 0.658. The highest BCUT2D eigenvalue weighted by Crippen LogP contribution is 2.34. The van der Waals surface area contributed by atoms with E-state index in [0.717, 1.165) is 16.9 Å². The van der Waals surface area contributed by atoms with Gasteiger partial charge in [0.2, 0.25) is 6.79 Å². The molecule has 2 N–H and O–H groups in total. The molecule has 9 heteroatoms. The van der Waals surface area contributed by atoms with Crippen molar-refractivity contribution in [3.63, 3.8) is 0 Å². The van der Waals surface area contributed by atoms with Crippen LogP contribution < -0.4 is 19.7 Å². The fraction of sp³-hybridized carbons (Fsp3) is 0.200. The number of aromatic nitrogens is 3. The number of hydrogen-bond donors (Lipinski definition) is 2. The number of fused-ring (bicyclic) bond motifs is 2. The Labute approximate surface area is 165 Å². The van der Waals surface area contributed by atoms with E-state index in [0.29, 0.717) is 41.7 Å². The number of pyridine rings is 1. The summed E-state index contributed by atoms with van der Waals surface area (Å²) in [5.74, 6) is 1.26. The molecule has 0 radical (unpaired) electrons. The zero-order chi connectivity index (χ0) is 20.0. The third kappa shape index (κ3) is 2.96. The van der Waals surface area contributed by atoms with Crippen LogP contribution in [0.15, 0.2) is 36.5 Å². The number of Topliss-reactive ketones (excluding diaryl/α,β-unsaturated/α-hetero) is 1. The van der Waals surface area contributed by atoms with Gasteiger partial charge in [-0.25, -0.2) is 0 Å². The van der Waals surface area contributed by atoms with Gasteiger partial charge in [-0.1, -0.05) is 0 Å². The summed E-state index contributed by atoms with van der Waals surface area (Å²) >= 11 is 0. The van der Waals surface area contributed by atoms with Crippen LogP contribution in [0.2, 0.25) is 0 Å². The molecular weight excluding hydrogens is 374 g/mol. The zero-order valence-electron chi connectivity index (χ0n) is 15.6. The number of nitrogens with zero attached hydrogens (tertiary/aromatic N) is 3. The molecule has 1 amide bonds. The molecule has 0 unspecified atom stereocenters. The Morgan fingerprint density at radius 2 is 2.03 bits per heavy atom. The number of carbonyl (C=O) groups is 2. The largest absolute Gasteiger partial charge is 0.454 e. The van der Waals surface area contributed by atoms with E-state index < -0.39 is 0 Å². The standard InChI is InChI=1S/C20H17N5O4/c1-11(26)18-15(3-2-6-21-18)25-8-13-14(9-25)23-24-19(13)22-20(27)12-4-5-16-17(7-12)29-10-28-16/h2-7H,8-10H2,1H3,(H2,22,23,24,27). The third-order valence-corrected chi connectivity index (χ3v) is 4.98. The van der Waals surface area contributed by atoms with Crippen LogP contribution in [0.25, 0.3) is 0 Å². The lowest BCUT2D eigenvalue weighted by atomic mass is 10.2. The van der Waals surface area contributed by atoms with Crippen LogP contribution in [0.5, 0.6) is 11.5 Å². The molecule has 146 valence electrons. The summed E-state index contributed by atoms with van der Waals surface area (Å²) in [5, 5.41) is 10.1. The first-order chi connectivity index (χ1) is 14.1. The molecule has 2 aromatic heterocycles. The van der Waals surface area contributed by atoms with E-state index in [9.17, 15) is 9.59 Å². The number of carbonyl (C=O) groups excluding carboxylic acids is 2. The van der Waals surface area contributed by atoms with Gasteiger partial charge in [0.25, 0.3) is 5.91 Å². The second kappa shape index (κ2) is 6.62. The summed E-state index contributed by atoms with van der Waals surface area (Å²) in [6.45, 7) is 2.71. The Morgan fingerprint density at radius 1 is 1.17 bits per heavy atom.